The molecular weight excluding hydrogens is 334 g/mol. The lowest BCUT2D eigenvalue weighted by Crippen LogP contribution is -2.31. The van der Waals surface area contributed by atoms with E-state index in [2.05, 4.69) is 45.2 Å². The van der Waals surface area contributed by atoms with Crippen LogP contribution in [0.4, 0.5) is 0 Å². The molecule has 0 N–H and O–H groups in total. The van der Waals surface area contributed by atoms with Crippen LogP contribution in [-0.4, -0.2) is 38.7 Å². The molecule has 5 rings (SSSR count). The van der Waals surface area contributed by atoms with E-state index in [-0.39, 0.29) is 0 Å². The third-order valence-corrected chi connectivity index (χ3v) is 5.44. The molecule has 2 aliphatic heterocycles. The summed E-state index contributed by atoms with van der Waals surface area (Å²) in [6.07, 6.45) is 6.37. The van der Waals surface area contributed by atoms with Crippen LogP contribution < -0.4 is 0 Å². The molecule has 0 bridgehead atoms. The topological polar surface area (TPSA) is 54.3 Å². The minimum Gasteiger partial charge on any atom is -0.293 e. The van der Waals surface area contributed by atoms with Crippen LogP contribution in [0.2, 0.25) is 0 Å². The van der Waals surface area contributed by atoms with Crippen molar-refractivity contribution in [1.29, 1.82) is 0 Å². The molecule has 2 aromatic heterocycles. The molecule has 0 radical (unpaired) electrons. The lowest BCUT2D eigenvalue weighted by Gasteiger charge is -2.28. The molecule has 136 valence electrons. The Morgan fingerprint density at radius 2 is 1.93 bits per heavy atom. The third-order valence-electron chi connectivity index (χ3n) is 5.44. The molecule has 0 saturated carbocycles. The summed E-state index contributed by atoms with van der Waals surface area (Å²) in [5, 5.41) is 1.19. The van der Waals surface area contributed by atoms with Crippen LogP contribution in [-0.2, 0) is 19.5 Å². The van der Waals surface area contributed by atoms with Crippen molar-refractivity contribution in [3.63, 3.8) is 0 Å². The minimum atomic E-state index is 0.845. The Morgan fingerprint density at radius 3 is 2.85 bits per heavy atom. The Kier molecular flexibility index (Phi) is 4.38. The van der Waals surface area contributed by atoms with E-state index in [1.807, 2.05) is 12.3 Å². The van der Waals surface area contributed by atoms with Gasteiger partial charge in [0.25, 0.3) is 0 Å². The second-order valence-electron chi connectivity index (χ2n) is 7.41. The Morgan fingerprint density at radius 1 is 0.963 bits per heavy atom. The van der Waals surface area contributed by atoms with E-state index in [1.54, 1.807) is 0 Å². The van der Waals surface area contributed by atoms with Gasteiger partial charge in [-0.05, 0) is 31.4 Å². The van der Waals surface area contributed by atoms with Crippen molar-refractivity contribution in [2.24, 2.45) is 4.99 Å². The maximum absolute atomic E-state index is 4.84. The van der Waals surface area contributed by atoms with Gasteiger partial charge >= 0.3 is 0 Å². The zero-order valence-electron chi connectivity index (χ0n) is 15.4. The summed E-state index contributed by atoms with van der Waals surface area (Å²) < 4.78 is 0. The van der Waals surface area contributed by atoms with Crippen molar-refractivity contribution in [3.05, 3.63) is 65.4 Å². The first kappa shape index (κ1) is 16.5. The number of benzene rings is 1. The zero-order chi connectivity index (χ0) is 18.1. The summed E-state index contributed by atoms with van der Waals surface area (Å²) in [7, 11) is 0. The molecule has 0 fully saturated rings. The Labute approximate surface area is 159 Å². The molecule has 27 heavy (non-hydrogen) atoms. The van der Waals surface area contributed by atoms with Crippen LogP contribution in [0.15, 0.2) is 47.6 Å². The highest BCUT2D eigenvalue weighted by molar-refractivity contribution is 5.97. The number of aliphatic imine (C=N–C) groups is 1. The van der Waals surface area contributed by atoms with E-state index < -0.39 is 0 Å². The molecular formula is C22H23N5. The summed E-state index contributed by atoms with van der Waals surface area (Å²) in [6.45, 7) is 3.67. The number of hydrogen-bond acceptors (Lipinski definition) is 5. The molecule has 0 spiro atoms. The van der Waals surface area contributed by atoms with Crippen LogP contribution in [0.5, 0.6) is 0 Å². The smallest absolute Gasteiger partial charge is 0.173 e. The Balaban J connectivity index is 1.32. The average molecular weight is 357 g/mol. The summed E-state index contributed by atoms with van der Waals surface area (Å²) in [5.41, 5.74) is 5.70. The first-order chi connectivity index (χ1) is 13.3. The maximum Gasteiger partial charge on any atom is 0.173 e. The second-order valence-corrected chi connectivity index (χ2v) is 7.41. The van der Waals surface area contributed by atoms with E-state index in [0.29, 0.717) is 0 Å². The van der Waals surface area contributed by atoms with Gasteiger partial charge in [-0.3, -0.25) is 14.9 Å². The van der Waals surface area contributed by atoms with Gasteiger partial charge in [0.1, 0.15) is 0 Å². The first-order valence-corrected chi connectivity index (χ1v) is 9.81. The fourth-order valence-corrected chi connectivity index (χ4v) is 3.95. The van der Waals surface area contributed by atoms with Crippen molar-refractivity contribution in [2.75, 3.05) is 13.1 Å². The van der Waals surface area contributed by atoms with Gasteiger partial charge in [-0.2, -0.15) is 0 Å². The maximum atomic E-state index is 4.84. The average Bonchev–Trinajstić information content (AvgIpc) is 2.74. The number of aromatic nitrogens is 3. The zero-order valence-corrected chi connectivity index (χ0v) is 15.4. The van der Waals surface area contributed by atoms with E-state index >= 15 is 0 Å². The van der Waals surface area contributed by atoms with Crippen LogP contribution >= 0.6 is 0 Å². The quantitative estimate of drug-likeness (QED) is 0.719. The predicted molar refractivity (Wildman–Crippen MR) is 107 cm³/mol. The summed E-state index contributed by atoms with van der Waals surface area (Å²) >= 11 is 0. The van der Waals surface area contributed by atoms with Gasteiger partial charge in [-0.1, -0.05) is 24.3 Å². The van der Waals surface area contributed by atoms with Gasteiger partial charge in [0.2, 0.25) is 0 Å². The van der Waals surface area contributed by atoms with E-state index in [9.17, 15) is 0 Å². The summed E-state index contributed by atoms with van der Waals surface area (Å²) in [5.74, 6) is 0.845. The molecule has 3 aromatic rings. The van der Waals surface area contributed by atoms with Crippen LogP contribution in [0.3, 0.4) is 0 Å². The number of pyridine rings is 1. The largest absolute Gasteiger partial charge is 0.293 e. The van der Waals surface area contributed by atoms with Gasteiger partial charge in [0, 0.05) is 49.7 Å². The number of hydrogen-bond donors (Lipinski definition) is 0. The fraction of sp³-hybridized carbons (Fsp3) is 0.364. The SMILES string of the molecule is c1ccc2nc(CN3CCc4nc(C5=NCCCC5)ncc4C3)ccc2c1. The van der Waals surface area contributed by atoms with Crippen molar-refractivity contribution in [3.8, 4) is 0 Å². The monoisotopic (exact) mass is 357 g/mol. The highest BCUT2D eigenvalue weighted by Gasteiger charge is 2.20. The molecule has 0 aliphatic carbocycles. The number of para-hydroxylation sites is 1. The lowest BCUT2D eigenvalue weighted by atomic mass is 10.1. The summed E-state index contributed by atoms with van der Waals surface area (Å²) in [6, 6.07) is 12.6. The predicted octanol–water partition coefficient (Wildman–Crippen LogP) is 3.56. The molecule has 2 aliphatic rings. The number of rotatable bonds is 3. The third kappa shape index (κ3) is 3.47. The number of nitrogens with zero attached hydrogens (tertiary/aromatic N) is 5. The minimum absolute atomic E-state index is 0.845. The van der Waals surface area contributed by atoms with Crippen LogP contribution in [0.1, 0.15) is 42.0 Å². The van der Waals surface area contributed by atoms with E-state index in [0.717, 1.165) is 61.8 Å². The Bertz CT molecular complexity index is 1010. The molecule has 5 heteroatoms. The van der Waals surface area contributed by atoms with Gasteiger partial charge < -0.3 is 0 Å². The van der Waals surface area contributed by atoms with Gasteiger partial charge in [-0.25, -0.2) is 9.97 Å². The highest BCUT2D eigenvalue weighted by atomic mass is 15.1. The number of fused-ring (bicyclic) bond motifs is 2. The highest BCUT2D eigenvalue weighted by Crippen LogP contribution is 2.20. The molecule has 1 aromatic carbocycles. The lowest BCUT2D eigenvalue weighted by molar-refractivity contribution is 0.240. The van der Waals surface area contributed by atoms with Crippen LogP contribution in [0.25, 0.3) is 10.9 Å². The molecule has 0 atom stereocenters. The molecule has 0 amide bonds. The van der Waals surface area contributed by atoms with E-state index in [4.69, 9.17) is 9.97 Å². The van der Waals surface area contributed by atoms with Crippen molar-refractivity contribution >= 4 is 16.6 Å². The van der Waals surface area contributed by atoms with Crippen molar-refractivity contribution < 1.29 is 0 Å². The van der Waals surface area contributed by atoms with Gasteiger partial charge in [-0.15, -0.1) is 0 Å². The molecule has 0 saturated heterocycles. The normalized spacial score (nSPS) is 17.6. The first-order valence-electron chi connectivity index (χ1n) is 9.81. The standard InChI is InChI=1S/C22H23N5/c1-2-6-19-16(5-1)8-9-18(25-19)15-27-12-10-20-17(14-27)13-24-22(26-20)21-7-3-4-11-23-21/h1-2,5-6,8-9,13H,3-4,7,10-12,14-15H2. The molecule has 4 heterocycles. The van der Waals surface area contributed by atoms with E-state index in [1.165, 1.54) is 29.5 Å². The van der Waals surface area contributed by atoms with Gasteiger partial charge in [0.15, 0.2) is 5.82 Å². The fourth-order valence-electron chi connectivity index (χ4n) is 3.95. The Hall–Kier alpha value is -2.66. The second kappa shape index (κ2) is 7.16. The van der Waals surface area contributed by atoms with Crippen LogP contribution in [0, 0.1) is 0 Å². The summed E-state index contributed by atoms with van der Waals surface area (Å²) in [4.78, 5) is 21.3. The van der Waals surface area contributed by atoms with Crippen molar-refractivity contribution in [2.45, 2.75) is 38.8 Å². The van der Waals surface area contributed by atoms with Crippen molar-refractivity contribution in [1.82, 2.24) is 19.9 Å². The van der Waals surface area contributed by atoms with Gasteiger partial charge in [0.05, 0.1) is 22.6 Å². The molecule has 0 unspecified atom stereocenters. The molecule has 5 nitrogen and oxygen atoms in total.